The van der Waals surface area contributed by atoms with Gasteiger partial charge in [0.1, 0.15) is 17.7 Å². The molecular weight excluding hydrogens is 456 g/mol. The van der Waals surface area contributed by atoms with Crippen LogP contribution in [0.25, 0.3) is 0 Å². The standard InChI is InChI=1S/C16H13ClF4N4O2S2/c1-7-14(29(2,26)27)25-13(22-7)12(8-3-4-10(18)9(17)5-8)24-15-23-11(6-28-15)16(19,20)21/h3-6,12H,1-2H3,(H,22,25)(H,23,24)/t12-/m1/s1. The van der Waals surface area contributed by atoms with E-state index >= 15 is 0 Å². The van der Waals surface area contributed by atoms with E-state index in [1.165, 1.54) is 19.1 Å². The van der Waals surface area contributed by atoms with Crippen molar-refractivity contribution in [1.29, 1.82) is 0 Å². The van der Waals surface area contributed by atoms with Gasteiger partial charge in [-0.2, -0.15) is 13.2 Å². The van der Waals surface area contributed by atoms with Crippen LogP contribution in [0.3, 0.4) is 0 Å². The van der Waals surface area contributed by atoms with Gasteiger partial charge >= 0.3 is 6.18 Å². The molecule has 0 aliphatic carbocycles. The maximum absolute atomic E-state index is 13.6. The molecule has 0 amide bonds. The topological polar surface area (TPSA) is 87.7 Å². The van der Waals surface area contributed by atoms with E-state index in [1.807, 2.05) is 0 Å². The molecule has 29 heavy (non-hydrogen) atoms. The van der Waals surface area contributed by atoms with Gasteiger partial charge in [0.15, 0.2) is 25.7 Å². The van der Waals surface area contributed by atoms with E-state index in [0.29, 0.717) is 16.9 Å². The van der Waals surface area contributed by atoms with Crippen LogP contribution in [0.2, 0.25) is 5.02 Å². The maximum Gasteiger partial charge on any atom is 0.434 e. The second-order valence-corrected chi connectivity index (χ2v) is 9.31. The minimum absolute atomic E-state index is 0.0854. The fourth-order valence-electron chi connectivity index (χ4n) is 2.56. The fraction of sp³-hybridized carbons (Fsp3) is 0.250. The van der Waals surface area contributed by atoms with Crippen LogP contribution in [0.5, 0.6) is 0 Å². The lowest BCUT2D eigenvalue weighted by molar-refractivity contribution is -0.140. The molecule has 1 atom stereocenters. The molecule has 0 aliphatic rings. The van der Waals surface area contributed by atoms with Crippen molar-refractivity contribution < 1.29 is 26.0 Å². The van der Waals surface area contributed by atoms with E-state index in [9.17, 15) is 26.0 Å². The Morgan fingerprint density at radius 3 is 2.48 bits per heavy atom. The highest BCUT2D eigenvalue weighted by Gasteiger charge is 2.34. The number of aryl methyl sites for hydroxylation is 1. The van der Waals surface area contributed by atoms with E-state index in [-0.39, 0.29) is 26.7 Å². The van der Waals surface area contributed by atoms with Crippen LogP contribution in [0.4, 0.5) is 22.7 Å². The molecule has 3 rings (SSSR count). The quantitative estimate of drug-likeness (QED) is 0.535. The van der Waals surface area contributed by atoms with Crippen LogP contribution in [-0.2, 0) is 16.0 Å². The number of thiazole rings is 1. The lowest BCUT2D eigenvalue weighted by atomic mass is 10.1. The highest BCUT2D eigenvalue weighted by Crippen LogP contribution is 2.34. The van der Waals surface area contributed by atoms with Gasteiger partial charge in [0.2, 0.25) is 0 Å². The molecule has 0 bridgehead atoms. The molecule has 0 saturated carbocycles. The van der Waals surface area contributed by atoms with Gasteiger partial charge in [-0.1, -0.05) is 17.7 Å². The zero-order valence-electron chi connectivity index (χ0n) is 14.8. The molecule has 3 aromatic rings. The van der Waals surface area contributed by atoms with Gasteiger partial charge < -0.3 is 10.3 Å². The first kappa shape index (κ1) is 21.5. The van der Waals surface area contributed by atoms with Crippen molar-refractivity contribution in [3.05, 3.63) is 57.2 Å². The highest BCUT2D eigenvalue weighted by molar-refractivity contribution is 7.90. The van der Waals surface area contributed by atoms with Gasteiger partial charge in [-0.25, -0.2) is 22.8 Å². The number of benzene rings is 1. The summed E-state index contributed by atoms with van der Waals surface area (Å²) in [4.78, 5) is 10.4. The Morgan fingerprint density at radius 1 is 1.28 bits per heavy atom. The number of alkyl halides is 3. The van der Waals surface area contributed by atoms with Crippen molar-refractivity contribution in [2.45, 2.75) is 24.2 Å². The number of nitrogens with zero attached hydrogens (tertiary/aromatic N) is 2. The first-order valence-corrected chi connectivity index (χ1v) is 11.0. The molecule has 0 spiro atoms. The third kappa shape index (κ3) is 4.70. The second kappa shape index (κ2) is 7.58. The normalized spacial score (nSPS) is 13.5. The number of imidazole rings is 1. The first-order chi connectivity index (χ1) is 13.4. The zero-order chi connectivity index (χ0) is 21.6. The summed E-state index contributed by atoms with van der Waals surface area (Å²) in [6, 6.07) is 2.75. The van der Waals surface area contributed by atoms with Crippen molar-refractivity contribution in [2.75, 3.05) is 11.6 Å². The SMILES string of the molecule is Cc1[nH]c([C@H](Nc2nc(C(F)(F)F)cs2)c2ccc(F)c(Cl)c2)nc1S(C)(=O)=O. The first-order valence-electron chi connectivity index (χ1n) is 7.87. The Hall–Kier alpha value is -2.18. The predicted octanol–water partition coefficient (Wildman–Crippen LogP) is 4.59. The predicted molar refractivity (Wildman–Crippen MR) is 100 cm³/mol. The molecule has 6 nitrogen and oxygen atoms in total. The fourth-order valence-corrected chi connectivity index (χ4v) is 4.37. The minimum Gasteiger partial charge on any atom is -0.348 e. The molecule has 0 saturated heterocycles. The Balaban J connectivity index is 2.07. The molecule has 1 aromatic carbocycles. The number of hydrogen-bond donors (Lipinski definition) is 2. The third-order valence-corrected chi connectivity index (χ3v) is 5.99. The van der Waals surface area contributed by atoms with Gasteiger partial charge in [-0.3, -0.25) is 0 Å². The lowest BCUT2D eigenvalue weighted by Gasteiger charge is -2.17. The van der Waals surface area contributed by atoms with E-state index in [2.05, 4.69) is 20.3 Å². The molecule has 2 aromatic heterocycles. The van der Waals surface area contributed by atoms with Crippen molar-refractivity contribution in [1.82, 2.24) is 15.0 Å². The van der Waals surface area contributed by atoms with Gasteiger partial charge in [0.25, 0.3) is 0 Å². The van der Waals surface area contributed by atoms with Gasteiger partial charge in [0, 0.05) is 11.6 Å². The molecule has 13 heteroatoms. The number of sulfone groups is 1. The van der Waals surface area contributed by atoms with Gasteiger partial charge in [0.05, 0.1) is 10.7 Å². The molecule has 156 valence electrons. The number of anilines is 1. The molecule has 0 aliphatic heterocycles. The average Bonchev–Trinajstić information content (AvgIpc) is 3.21. The van der Waals surface area contributed by atoms with Crippen LogP contribution in [0.15, 0.2) is 28.6 Å². The Bertz CT molecular complexity index is 1160. The summed E-state index contributed by atoms with van der Waals surface area (Å²) >= 11 is 6.54. The summed E-state index contributed by atoms with van der Waals surface area (Å²) in [5.41, 5.74) is -0.486. The van der Waals surface area contributed by atoms with E-state index in [0.717, 1.165) is 17.7 Å². The Kier molecular flexibility index (Phi) is 5.62. The van der Waals surface area contributed by atoms with Crippen molar-refractivity contribution in [2.24, 2.45) is 0 Å². The summed E-state index contributed by atoms with van der Waals surface area (Å²) in [5, 5.41) is 3.12. The number of H-pyrrole nitrogens is 1. The summed E-state index contributed by atoms with van der Waals surface area (Å²) in [5.74, 6) is -0.593. The van der Waals surface area contributed by atoms with Crippen molar-refractivity contribution in [3.63, 3.8) is 0 Å². The summed E-state index contributed by atoms with van der Waals surface area (Å²) in [6.45, 7) is 1.49. The number of rotatable bonds is 5. The lowest BCUT2D eigenvalue weighted by Crippen LogP contribution is -2.15. The Morgan fingerprint density at radius 2 is 1.97 bits per heavy atom. The largest absolute Gasteiger partial charge is 0.434 e. The molecule has 0 radical (unpaired) electrons. The number of aromatic amines is 1. The number of aromatic nitrogens is 3. The molecule has 2 N–H and O–H groups in total. The summed E-state index contributed by atoms with van der Waals surface area (Å²) < 4.78 is 75.9. The number of hydrogen-bond acceptors (Lipinski definition) is 6. The molecular formula is C16H13ClF4N4O2S2. The van der Waals surface area contributed by atoms with Crippen LogP contribution in [0, 0.1) is 12.7 Å². The van der Waals surface area contributed by atoms with Crippen LogP contribution >= 0.6 is 22.9 Å². The Labute approximate surface area is 171 Å². The van der Waals surface area contributed by atoms with Gasteiger partial charge in [-0.15, -0.1) is 11.3 Å². The van der Waals surface area contributed by atoms with Crippen molar-refractivity contribution in [3.8, 4) is 0 Å². The second-order valence-electron chi connectivity index (χ2n) is 6.11. The number of nitrogens with one attached hydrogen (secondary N) is 2. The minimum atomic E-state index is -4.62. The van der Waals surface area contributed by atoms with E-state index < -0.39 is 33.6 Å². The maximum atomic E-state index is 13.6. The van der Waals surface area contributed by atoms with Gasteiger partial charge in [-0.05, 0) is 24.6 Å². The zero-order valence-corrected chi connectivity index (χ0v) is 17.2. The van der Waals surface area contributed by atoms with Crippen LogP contribution in [0.1, 0.15) is 28.8 Å². The molecule has 0 fully saturated rings. The molecule has 0 unspecified atom stereocenters. The van der Waals surface area contributed by atoms with Crippen molar-refractivity contribution >= 4 is 37.9 Å². The van der Waals surface area contributed by atoms with E-state index in [4.69, 9.17) is 11.6 Å². The summed E-state index contributed by atoms with van der Waals surface area (Å²) in [6.07, 6.45) is -3.64. The monoisotopic (exact) mass is 468 g/mol. The third-order valence-electron chi connectivity index (χ3n) is 3.82. The smallest absolute Gasteiger partial charge is 0.348 e. The average molecular weight is 469 g/mol. The van der Waals surface area contributed by atoms with Crippen LogP contribution in [-0.4, -0.2) is 29.6 Å². The number of halogens is 5. The van der Waals surface area contributed by atoms with E-state index in [1.54, 1.807) is 0 Å². The highest BCUT2D eigenvalue weighted by atomic mass is 35.5. The summed E-state index contributed by atoms with van der Waals surface area (Å²) in [7, 11) is -3.65. The molecule has 2 heterocycles. The van der Waals surface area contributed by atoms with Crippen LogP contribution < -0.4 is 5.32 Å².